The number of nitrogens with zero attached hydrogens (tertiary/aromatic N) is 1. The van der Waals surface area contributed by atoms with E-state index in [-0.39, 0.29) is 12.3 Å². The summed E-state index contributed by atoms with van der Waals surface area (Å²) in [4.78, 5) is 21.9. The summed E-state index contributed by atoms with van der Waals surface area (Å²) in [5.74, 6) is -1.66. The molecule has 7 heteroatoms. The van der Waals surface area contributed by atoms with Gasteiger partial charge >= 0.3 is 5.97 Å². The second kappa shape index (κ2) is 4.96. The molecule has 1 atom stereocenters. The van der Waals surface area contributed by atoms with Crippen molar-refractivity contribution in [3.05, 3.63) is 17.5 Å². The van der Waals surface area contributed by atoms with Crippen LogP contribution in [0.15, 0.2) is 10.6 Å². The zero-order chi connectivity index (χ0) is 13.1. The molecule has 0 spiro atoms. The Kier molecular flexibility index (Phi) is 3.84. The number of carbonyl (C=O) groups is 2. The molecule has 7 nitrogen and oxygen atoms in total. The van der Waals surface area contributed by atoms with Crippen LogP contribution in [0.2, 0.25) is 0 Å². The zero-order valence-electron chi connectivity index (χ0n) is 9.56. The molecule has 0 aliphatic carbocycles. The molecule has 1 aromatic rings. The number of rotatable bonds is 5. The third-order valence-electron chi connectivity index (χ3n) is 2.01. The van der Waals surface area contributed by atoms with Crippen LogP contribution in [-0.2, 0) is 4.79 Å². The quantitative estimate of drug-likeness (QED) is 0.666. The van der Waals surface area contributed by atoms with Crippen LogP contribution in [0.4, 0.5) is 0 Å². The lowest BCUT2D eigenvalue weighted by Gasteiger charge is -2.20. The van der Waals surface area contributed by atoms with Gasteiger partial charge in [-0.25, -0.2) is 0 Å². The highest BCUT2D eigenvalue weighted by molar-refractivity contribution is 5.91. The fourth-order valence-corrected chi connectivity index (χ4v) is 1.22. The highest BCUT2D eigenvalue weighted by Gasteiger charge is 2.25. The average molecular weight is 242 g/mol. The summed E-state index contributed by atoms with van der Waals surface area (Å²) >= 11 is 0. The molecule has 1 heterocycles. The highest BCUT2D eigenvalue weighted by Crippen LogP contribution is 2.08. The Labute approximate surface area is 97.4 Å². The van der Waals surface area contributed by atoms with Crippen molar-refractivity contribution in [1.29, 1.82) is 0 Å². The van der Waals surface area contributed by atoms with Gasteiger partial charge in [-0.3, -0.25) is 9.59 Å². The minimum Gasteiger partial charge on any atom is -0.481 e. The highest BCUT2D eigenvalue weighted by atomic mass is 16.5. The van der Waals surface area contributed by atoms with E-state index in [1.165, 1.54) is 13.0 Å². The van der Waals surface area contributed by atoms with Crippen LogP contribution in [0.1, 0.15) is 29.6 Å². The first-order valence-corrected chi connectivity index (χ1v) is 4.96. The number of aryl methyl sites for hydroxylation is 1. The Morgan fingerprint density at radius 1 is 1.59 bits per heavy atom. The van der Waals surface area contributed by atoms with Gasteiger partial charge in [-0.2, -0.15) is 0 Å². The monoisotopic (exact) mass is 242 g/mol. The Morgan fingerprint density at radius 3 is 2.71 bits per heavy atom. The summed E-state index contributed by atoms with van der Waals surface area (Å²) in [5, 5.41) is 24.1. The molecule has 1 unspecified atom stereocenters. The first kappa shape index (κ1) is 13.2. The van der Waals surface area contributed by atoms with Crippen LogP contribution in [-0.4, -0.2) is 39.4 Å². The predicted molar refractivity (Wildman–Crippen MR) is 56.4 cm³/mol. The fourth-order valence-electron chi connectivity index (χ4n) is 1.22. The third kappa shape index (κ3) is 4.23. The van der Waals surface area contributed by atoms with Gasteiger partial charge in [-0.05, 0) is 13.8 Å². The molecule has 0 bridgehead atoms. The molecule has 0 aromatic carbocycles. The maximum atomic E-state index is 11.5. The van der Waals surface area contributed by atoms with E-state index in [2.05, 4.69) is 10.5 Å². The van der Waals surface area contributed by atoms with Gasteiger partial charge in [-0.15, -0.1) is 0 Å². The maximum Gasteiger partial charge on any atom is 0.306 e. The number of aliphatic carboxylic acids is 1. The van der Waals surface area contributed by atoms with Crippen LogP contribution in [0.3, 0.4) is 0 Å². The summed E-state index contributed by atoms with van der Waals surface area (Å²) in [6.45, 7) is 2.81. The van der Waals surface area contributed by atoms with Gasteiger partial charge in [-0.1, -0.05) is 5.16 Å². The molecule has 1 aromatic heterocycles. The molecule has 1 amide bonds. The number of carboxylic acids is 1. The van der Waals surface area contributed by atoms with Crippen LogP contribution < -0.4 is 5.32 Å². The number of aliphatic hydroxyl groups is 1. The van der Waals surface area contributed by atoms with Crippen molar-refractivity contribution < 1.29 is 24.3 Å². The van der Waals surface area contributed by atoms with E-state index in [0.29, 0.717) is 5.69 Å². The first-order chi connectivity index (χ1) is 7.80. The van der Waals surface area contributed by atoms with Crippen molar-refractivity contribution in [3.63, 3.8) is 0 Å². The smallest absolute Gasteiger partial charge is 0.306 e. The zero-order valence-corrected chi connectivity index (χ0v) is 9.56. The maximum absolute atomic E-state index is 11.5. The van der Waals surface area contributed by atoms with E-state index < -0.39 is 23.9 Å². The van der Waals surface area contributed by atoms with Crippen LogP contribution >= 0.6 is 0 Å². The molecule has 0 fully saturated rings. The third-order valence-corrected chi connectivity index (χ3v) is 2.01. The summed E-state index contributed by atoms with van der Waals surface area (Å²) in [5.41, 5.74) is -0.941. The standard InChI is InChI=1S/C10H14N2O5/c1-6-3-7(17-12-6)9(15)11-5-10(2,16)4-8(13)14/h3,16H,4-5H2,1-2H3,(H,11,15)(H,13,14). The average Bonchev–Trinajstić information content (AvgIpc) is 2.59. The van der Waals surface area contributed by atoms with Crippen molar-refractivity contribution in [2.45, 2.75) is 25.9 Å². The topological polar surface area (TPSA) is 113 Å². The Hall–Kier alpha value is -1.89. The molecule has 0 saturated heterocycles. The largest absolute Gasteiger partial charge is 0.481 e. The molecule has 17 heavy (non-hydrogen) atoms. The predicted octanol–water partition coefficient (Wildman–Crippen LogP) is -0.0615. The normalized spacial score (nSPS) is 14.1. The molecule has 94 valence electrons. The Bertz CT molecular complexity index is 424. The van der Waals surface area contributed by atoms with Crippen molar-refractivity contribution in [3.8, 4) is 0 Å². The number of amides is 1. The lowest BCUT2D eigenvalue weighted by Crippen LogP contribution is -2.42. The lowest BCUT2D eigenvalue weighted by molar-refractivity contribution is -0.141. The number of hydrogen-bond donors (Lipinski definition) is 3. The summed E-state index contributed by atoms with van der Waals surface area (Å²) in [7, 11) is 0. The number of aromatic nitrogens is 1. The van der Waals surface area contributed by atoms with Crippen molar-refractivity contribution in [2.75, 3.05) is 6.54 Å². The summed E-state index contributed by atoms with van der Waals surface area (Å²) in [6.07, 6.45) is -0.456. The molecular formula is C10H14N2O5. The molecule has 0 saturated carbocycles. The van der Waals surface area contributed by atoms with Gasteiger partial charge in [0, 0.05) is 12.6 Å². The van der Waals surface area contributed by atoms with E-state index in [1.807, 2.05) is 0 Å². The van der Waals surface area contributed by atoms with E-state index >= 15 is 0 Å². The second-order valence-electron chi connectivity index (χ2n) is 4.08. The van der Waals surface area contributed by atoms with Crippen molar-refractivity contribution in [2.24, 2.45) is 0 Å². The van der Waals surface area contributed by atoms with Gasteiger partial charge in [0.05, 0.1) is 17.7 Å². The molecule has 3 N–H and O–H groups in total. The molecule has 0 aliphatic heterocycles. The first-order valence-electron chi connectivity index (χ1n) is 4.96. The minimum absolute atomic E-state index is 0.0219. The Balaban J connectivity index is 2.51. The minimum atomic E-state index is -1.50. The van der Waals surface area contributed by atoms with Gasteiger partial charge in [0.15, 0.2) is 0 Å². The Morgan fingerprint density at radius 2 is 2.24 bits per heavy atom. The number of carboxylic acid groups (broad SMARTS) is 1. The molecule has 0 radical (unpaired) electrons. The fraction of sp³-hybridized carbons (Fsp3) is 0.500. The number of nitrogens with one attached hydrogen (secondary N) is 1. The van der Waals surface area contributed by atoms with E-state index in [4.69, 9.17) is 9.63 Å². The number of carbonyl (C=O) groups excluding carboxylic acids is 1. The number of hydrogen-bond acceptors (Lipinski definition) is 5. The van der Waals surface area contributed by atoms with E-state index in [0.717, 1.165) is 0 Å². The van der Waals surface area contributed by atoms with Crippen LogP contribution in [0.5, 0.6) is 0 Å². The van der Waals surface area contributed by atoms with Crippen molar-refractivity contribution >= 4 is 11.9 Å². The summed E-state index contributed by atoms with van der Waals surface area (Å²) in [6, 6.07) is 1.45. The summed E-state index contributed by atoms with van der Waals surface area (Å²) < 4.78 is 4.71. The molecular weight excluding hydrogens is 228 g/mol. The molecule has 0 aliphatic rings. The molecule has 1 rings (SSSR count). The van der Waals surface area contributed by atoms with Crippen LogP contribution in [0, 0.1) is 6.92 Å². The van der Waals surface area contributed by atoms with Gasteiger partial charge in [0.25, 0.3) is 5.91 Å². The van der Waals surface area contributed by atoms with Crippen LogP contribution in [0.25, 0.3) is 0 Å². The van der Waals surface area contributed by atoms with E-state index in [9.17, 15) is 14.7 Å². The second-order valence-corrected chi connectivity index (χ2v) is 4.08. The van der Waals surface area contributed by atoms with E-state index in [1.54, 1.807) is 6.92 Å². The van der Waals surface area contributed by atoms with Gasteiger partial charge < -0.3 is 20.1 Å². The van der Waals surface area contributed by atoms with Crippen molar-refractivity contribution in [1.82, 2.24) is 10.5 Å². The lowest BCUT2D eigenvalue weighted by atomic mass is 10.0. The van der Waals surface area contributed by atoms with Gasteiger partial charge in [0.1, 0.15) is 0 Å². The SMILES string of the molecule is Cc1cc(C(=O)NCC(C)(O)CC(=O)O)on1. The van der Waals surface area contributed by atoms with Gasteiger partial charge in [0.2, 0.25) is 5.76 Å².